The van der Waals surface area contributed by atoms with Gasteiger partial charge in [-0.05, 0) is 33.6 Å². The lowest BCUT2D eigenvalue weighted by molar-refractivity contribution is -0.121. The van der Waals surface area contributed by atoms with Gasteiger partial charge in [-0.2, -0.15) is 0 Å². The summed E-state index contributed by atoms with van der Waals surface area (Å²) in [6.07, 6.45) is 1.52. The van der Waals surface area contributed by atoms with E-state index in [1.165, 1.54) is 0 Å². The number of carbonyl (C=O) groups excluding carboxylic acids is 1. The highest BCUT2D eigenvalue weighted by atomic mass is 32.2. The zero-order valence-corrected chi connectivity index (χ0v) is 12.3. The van der Waals surface area contributed by atoms with Crippen LogP contribution in [0.15, 0.2) is 0 Å². The van der Waals surface area contributed by atoms with E-state index in [0.717, 1.165) is 0 Å². The summed E-state index contributed by atoms with van der Waals surface area (Å²) in [4.78, 5) is 11.7. The Balaban J connectivity index is 2.21. The third-order valence-electron chi connectivity index (χ3n) is 2.93. The number of carbonyl (C=O) groups is 1. The third-order valence-corrected chi connectivity index (χ3v) is 4.64. The van der Waals surface area contributed by atoms with Gasteiger partial charge in [0.1, 0.15) is 9.84 Å². The molecule has 1 heterocycles. The second-order valence-corrected chi connectivity index (χ2v) is 8.22. The highest BCUT2D eigenvalue weighted by Gasteiger charge is 2.24. The maximum atomic E-state index is 11.7. The lowest BCUT2D eigenvalue weighted by Crippen LogP contribution is -2.43. The first-order valence-corrected chi connectivity index (χ1v) is 8.25. The molecule has 0 spiro atoms. The van der Waals surface area contributed by atoms with Gasteiger partial charge in [-0.15, -0.1) is 0 Å². The SMILES string of the molecule is CC(C)(C)NCCC(=O)NC1CCS(=O)(=O)CC1. The molecular weight excluding hydrogens is 252 g/mol. The van der Waals surface area contributed by atoms with Crippen LogP contribution in [0.25, 0.3) is 0 Å². The lowest BCUT2D eigenvalue weighted by atomic mass is 10.1. The largest absolute Gasteiger partial charge is 0.353 e. The van der Waals surface area contributed by atoms with Crippen molar-refractivity contribution < 1.29 is 13.2 Å². The van der Waals surface area contributed by atoms with Crippen LogP contribution in [-0.4, -0.2) is 44.0 Å². The monoisotopic (exact) mass is 276 g/mol. The molecule has 106 valence electrons. The fraction of sp³-hybridized carbons (Fsp3) is 0.917. The molecule has 5 nitrogen and oxygen atoms in total. The Morgan fingerprint density at radius 3 is 2.28 bits per heavy atom. The Morgan fingerprint density at radius 1 is 1.22 bits per heavy atom. The number of sulfone groups is 1. The topological polar surface area (TPSA) is 75.3 Å². The van der Waals surface area contributed by atoms with Gasteiger partial charge in [0.05, 0.1) is 11.5 Å². The van der Waals surface area contributed by atoms with Crippen molar-refractivity contribution in [1.82, 2.24) is 10.6 Å². The molecule has 1 rings (SSSR count). The molecule has 0 aromatic heterocycles. The Hall–Kier alpha value is -0.620. The summed E-state index contributed by atoms with van der Waals surface area (Å²) in [6.45, 7) is 6.80. The maximum Gasteiger partial charge on any atom is 0.221 e. The van der Waals surface area contributed by atoms with Crippen LogP contribution in [-0.2, 0) is 14.6 Å². The third kappa shape index (κ3) is 6.35. The first-order valence-electron chi connectivity index (χ1n) is 6.43. The first-order chi connectivity index (χ1) is 8.18. The molecule has 0 aliphatic carbocycles. The molecule has 1 saturated heterocycles. The summed E-state index contributed by atoms with van der Waals surface area (Å²) in [5, 5.41) is 6.15. The highest BCUT2D eigenvalue weighted by Crippen LogP contribution is 2.12. The molecule has 0 radical (unpaired) electrons. The zero-order valence-electron chi connectivity index (χ0n) is 11.5. The van der Waals surface area contributed by atoms with Gasteiger partial charge in [0, 0.05) is 24.5 Å². The van der Waals surface area contributed by atoms with Gasteiger partial charge in [0.25, 0.3) is 0 Å². The van der Waals surface area contributed by atoms with Crippen molar-refractivity contribution >= 4 is 15.7 Å². The molecular formula is C12H24N2O3S. The van der Waals surface area contributed by atoms with Crippen LogP contribution < -0.4 is 10.6 Å². The van der Waals surface area contributed by atoms with E-state index in [9.17, 15) is 13.2 Å². The van der Waals surface area contributed by atoms with Crippen LogP contribution >= 0.6 is 0 Å². The molecule has 1 aliphatic rings. The molecule has 0 aromatic rings. The van der Waals surface area contributed by atoms with E-state index in [-0.39, 0.29) is 29.0 Å². The Kier molecular flexibility index (Phi) is 5.16. The van der Waals surface area contributed by atoms with Crippen molar-refractivity contribution in [3.63, 3.8) is 0 Å². The van der Waals surface area contributed by atoms with Crippen LogP contribution in [0.3, 0.4) is 0 Å². The fourth-order valence-electron chi connectivity index (χ4n) is 1.89. The van der Waals surface area contributed by atoms with Crippen LogP contribution in [0.5, 0.6) is 0 Å². The first kappa shape index (κ1) is 15.4. The standard InChI is InChI=1S/C12H24N2O3S/c1-12(2,3)13-7-4-11(15)14-10-5-8-18(16,17)9-6-10/h10,13H,4-9H2,1-3H3,(H,14,15). The molecule has 18 heavy (non-hydrogen) atoms. The van der Waals surface area contributed by atoms with E-state index in [1.54, 1.807) is 0 Å². The van der Waals surface area contributed by atoms with Crippen molar-refractivity contribution in [2.75, 3.05) is 18.1 Å². The average Bonchev–Trinajstić information content (AvgIpc) is 2.19. The van der Waals surface area contributed by atoms with E-state index in [0.29, 0.717) is 25.8 Å². The van der Waals surface area contributed by atoms with Crippen LogP contribution in [0.4, 0.5) is 0 Å². The maximum absolute atomic E-state index is 11.7. The number of nitrogens with one attached hydrogen (secondary N) is 2. The van der Waals surface area contributed by atoms with E-state index in [2.05, 4.69) is 31.4 Å². The highest BCUT2D eigenvalue weighted by molar-refractivity contribution is 7.91. The zero-order chi connectivity index (χ0) is 13.8. The van der Waals surface area contributed by atoms with Crippen LogP contribution in [0.2, 0.25) is 0 Å². The number of amides is 1. The fourth-order valence-corrected chi connectivity index (χ4v) is 3.38. The minimum atomic E-state index is -2.85. The summed E-state index contributed by atoms with van der Waals surface area (Å²) in [5.41, 5.74) is 0.0131. The summed E-state index contributed by atoms with van der Waals surface area (Å²) in [5.74, 6) is 0.382. The molecule has 0 atom stereocenters. The molecule has 0 aromatic carbocycles. The second kappa shape index (κ2) is 6.02. The van der Waals surface area contributed by atoms with Crippen LogP contribution in [0, 0.1) is 0 Å². The predicted octanol–water partition coefficient (Wildman–Crippen LogP) is 0.458. The van der Waals surface area contributed by atoms with Crippen molar-refractivity contribution in [2.24, 2.45) is 0 Å². The molecule has 6 heteroatoms. The van der Waals surface area contributed by atoms with Crippen molar-refractivity contribution in [1.29, 1.82) is 0 Å². The molecule has 0 saturated carbocycles. The molecule has 1 fully saturated rings. The smallest absolute Gasteiger partial charge is 0.221 e. The number of hydrogen-bond donors (Lipinski definition) is 2. The van der Waals surface area contributed by atoms with Gasteiger partial charge in [-0.25, -0.2) is 8.42 Å². The molecule has 2 N–H and O–H groups in total. The predicted molar refractivity (Wildman–Crippen MR) is 72.2 cm³/mol. The molecule has 0 bridgehead atoms. The van der Waals surface area contributed by atoms with Crippen molar-refractivity contribution in [2.45, 2.75) is 51.6 Å². The van der Waals surface area contributed by atoms with Gasteiger partial charge in [0.15, 0.2) is 0 Å². The summed E-state index contributed by atoms with van der Waals surface area (Å²) in [6, 6.07) is 0.0238. The normalized spacial score (nSPS) is 20.6. The lowest BCUT2D eigenvalue weighted by Gasteiger charge is -2.24. The summed E-state index contributed by atoms with van der Waals surface area (Å²) in [7, 11) is -2.85. The Labute approximate surface area is 110 Å². The van der Waals surface area contributed by atoms with Gasteiger partial charge in [0.2, 0.25) is 5.91 Å². The summed E-state index contributed by atoms with van der Waals surface area (Å²) >= 11 is 0. The van der Waals surface area contributed by atoms with E-state index >= 15 is 0 Å². The van der Waals surface area contributed by atoms with Crippen molar-refractivity contribution in [3.8, 4) is 0 Å². The Bertz CT molecular complexity index is 371. The van der Waals surface area contributed by atoms with Crippen molar-refractivity contribution in [3.05, 3.63) is 0 Å². The minimum Gasteiger partial charge on any atom is -0.353 e. The van der Waals surface area contributed by atoms with Gasteiger partial charge in [-0.1, -0.05) is 0 Å². The van der Waals surface area contributed by atoms with E-state index in [4.69, 9.17) is 0 Å². The van der Waals surface area contributed by atoms with Gasteiger partial charge in [-0.3, -0.25) is 4.79 Å². The van der Waals surface area contributed by atoms with E-state index < -0.39 is 9.84 Å². The van der Waals surface area contributed by atoms with Crippen LogP contribution in [0.1, 0.15) is 40.0 Å². The Morgan fingerprint density at radius 2 is 1.78 bits per heavy atom. The second-order valence-electron chi connectivity index (χ2n) is 5.92. The van der Waals surface area contributed by atoms with Gasteiger partial charge < -0.3 is 10.6 Å². The summed E-state index contributed by atoms with van der Waals surface area (Å²) < 4.78 is 22.5. The quantitative estimate of drug-likeness (QED) is 0.782. The minimum absolute atomic E-state index is 0.00366. The molecule has 1 aliphatic heterocycles. The number of rotatable bonds is 4. The molecule has 0 unspecified atom stereocenters. The number of hydrogen-bond acceptors (Lipinski definition) is 4. The average molecular weight is 276 g/mol. The van der Waals surface area contributed by atoms with Gasteiger partial charge >= 0.3 is 0 Å². The molecule has 1 amide bonds. The van der Waals surface area contributed by atoms with E-state index in [1.807, 2.05) is 0 Å².